The summed E-state index contributed by atoms with van der Waals surface area (Å²) < 4.78 is 10.8. The summed E-state index contributed by atoms with van der Waals surface area (Å²) in [7, 11) is 0. The zero-order valence-electron chi connectivity index (χ0n) is 12.6. The highest BCUT2D eigenvalue weighted by Crippen LogP contribution is 2.24. The van der Waals surface area contributed by atoms with Gasteiger partial charge in [-0.2, -0.15) is 0 Å². The molecule has 1 atom stereocenters. The maximum atomic E-state index is 12.5. The molecule has 1 rings (SSSR count). The Kier molecular flexibility index (Phi) is 7.26. The molecule has 0 aromatic heterocycles. The van der Waals surface area contributed by atoms with Crippen LogP contribution in [0.15, 0.2) is 30.3 Å². The van der Waals surface area contributed by atoms with Crippen LogP contribution in [0, 0.1) is 0 Å². The molecule has 0 radical (unpaired) electrons. The summed E-state index contributed by atoms with van der Waals surface area (Å²) in [6.07, 6.45) is 0.931. The summed E-state index contributed by atoms with van der Waals surface area (Å²) in [4.78, 5) is 12.5. The minimum absolute atomic E-state index is 0.270. The molecule has 0 heterocycles. The molecule has 1 unspecified atom stereocenters. The lowest BCUT2D eigenvalue weighted by Crippen LogP contribution is -2.54. The third-order valence-electron chi connectivity index (χ3n) is 3.09. The highest BCUT2D eigenvalue weighted by Gasteiger charge is 2.41. The van der Waals surface area contributed by atoms with Crippen LogP contribution in [0.1, 0.15) is 32.8 Å². The Morgan fingerprint density at radius 3 is 2.40 bits per heavy atom. The number of nitrogens with one attached hydrogen (secondary N) is 1. The van der Waals surface area contributed by atoms with Crippen molar-refractivity contribution in [3.63, 3.8) is 0 Å². The van der Waals surface area contributed by atoms with E-state index in [1.165, 1.54) is 0 Å². The predicted octanol–water partition coefficient (Wildman–Crippen LogP) is 2.48. The molecule has 4 nitrogen and oxygen atoms in total. The Bertz CT molecular complexity index is 384. The van der Waals surface area contributed by atoms with E-state index in [0.717, 1.165) is 18.5 Å². The number of hydrogen-bond donors (Lipinski definition) is 1. The van der Waals surface area contributed by atoms with Crippen LogP contribution < -0.4 is 5.32 Å². The van der Waals surface area contributed by atoms with Crippen molar-refractivity contribution in [2.75, 3.05) is 26.4 Å². The van der Waals surface area contributed by atoms with Crippen LogP contribution >= 0.6 is 0 Å². The molecule has 0 saturated heterocycles. The molecule has 112 valence electrons. The summed E-state index contributed by atoms with van der Waals surface area (Å²) in [5.41, 5.74) is -0.0520. The van der Waals surface area contributed by atoms with Gasteiger partial charge in [0.15, 0.2) is 5.54 Å². The van der Waals surface area contributed by atoms with Crippen molar-refractivity contribution in [1.82, 2.24) is 5.32 Å². The zero-order chi connectivity index (χ0) is 14.8. The molecule has 1 aromatic carbocycles. The fraction of sp³-hybridized carbons (Fsp3) is 0.562. The first kappa shape index (κ1) is 16.7. The zero-order valence-corrected chi connectivity index (χ0v) is 12.6. The van der Waals surface area contributed by atoms with E-state index in [9.17, 15) is 4.79 Å². The third kappa shape index (κ3) is 4.05. The second-order valence-corrected chi connectivity index (χ2v) is 4.56. The van der Waals surface area contributed by atoms with Crippen LogP contribution in [0.4, 0.5) is 0 Å². The quantitative estimate of drug-likeness (QED) is 0.706. The molecular formula is C16H25NO3. The predicted molar refractivity (Wildman–Crippen MR) is 79.5 cm³/mol. The fourth-order valence-corrected chi connectivity index (χ4v) is 2.06. The summed E-state index contributed by atoms with van der Waals surface area (Å²) in [5, 5.41) is 3.32. The van der Waals surface area contributed by atoms with Gasteiger partial charge in [-0.25, -0.2) is 4.79 Å². The van der Waals surface area contributed by atoms with E-state index in [1.807, 2.05) is 44.2 Å². The van der Waals surface area contributed by atoms with Crippen LogP contribution in [0.3, 0.4) is 0 Å². The smallest absolute Gasteiger partial charge is 0.333 e. The van der Waals surface area contributed by atoms with Gasteiger partial charge in [0.05, 0.1) is 13.2 Å². The number of esters is 1. The van der Waals surface area contributed by atoms with Crippen molar-refractivity contribution in [3.05, 3.63) is 35.9 Å². The van der Waals surface area contributed by atoms with Crippen molar-refractivity contribution in [3.8, 4) is 0 Å². The number of ether oxygens (including phenoxy) is 2. The third-order valence-corrected chi connectivity index (χ3v) is 3.09. The van der Waals surface area contributed by atoms with Gasteiger partial charge in [-0.3, -0.25) is 5.32 Å². The van der Waals surface area contributed by atoms with E-state index < -0.39 is 5.54 Å². The number of carbonyl (C=O) groups is 1. The summed E-state index contributed by atoms with van der Waals surface area (Å²) in [5.74, 6) is -0.284. The van der Waals surface area contributed by atoms with Crippen molar-refractivity contribution in [2.45, 2.75) is 32.7 Å². The van der Waals surface area contributed by atoms with Crippen molar-refractivity contribution < 1.29 is 14.3 Å². The van der Waals surface area contributed by atoms with E-state index in [1.54, 1.807) is 0 Å². The number of carbonyl (C=O) groups excluding carboxylic acids is 1. The highest BCUT2D eigenvalue weighted by atomic mass is 16.5. The lowest BCUT2D eigenvalue weighted by molar-refractivity contribution is -0.155. The van der Waals surface area contributed by atoms with E-state index in [2.05, 4.69) is 12.2 Å². The summed E-state index contributed by atoms with van der Waals surface area (Å²) in [6.45, 7) is 7.70. The second kappa shape index (κ2) is 8.72. The largest absolute Gasteiger partial charge is 0.464 e. The van der Waals surface area contributed by atoms with Gasteiger partial charge in [0.25, 0.3) is 0 Å². The maximum absolute atomic E-state index is 12.5. The first-order valence-electron chi connectivity index (χ1n) is 7.26. The van der Waals surface area contributed by atoms with E-state index in [-0.39, 0.29) is 12.6 Å². The van der Waals surface area contributed by atoms with Gasteiger partial charge in [0.2, 0.25) is 0 Å². The van der Waals surface area contributed by atoms with E-state index in [0.29, 0.717) is 13.2 Å². The first-order chi connectivity index (χ1) is 9.71. The normalized spacial score (nSPS) is 13.8. The fourth-order valence-electron chi connectivity index (χ4n) is 2.06. The Morgan fingerprint density at radius 1 is 1.15 bits per heavy atom. The number of benzene rings is 1. The summed E-state index contributed by atoms with van der Waals surface area (Å²) >= 11 is 0. The van der Waals surface area contributed by atoms with Crippen LogP contribution in [-0.2, 0) is 19.8 Å². The molecule has 1 N–H and O–H groups in total. The maximum Gasteiger partial charge on any atom is 0.333 e. The van der Waals surface area contributed by atoms with Gasteiger partial charge >= 0.3 is 5.97 Å². The Labute approximate surface area is 121 Å². The Balaban J connectivity index is 3.13. The Morgan fingerprint density at radius 2 is 1.85 bits per heavy atom. The van der Waals surface area contributed by atoms with Gasteiger partial charge in [-0.1, -0.05) is 37.3 Å². The molecule has 0 saturated carbocycles. The molecule has 0 amide bonds. The van der Waals surface area contributed by atoms with Crippen LogP contribution in [-0.4, -0.2) is 32.3 Å². The standard InChI is InChI=1S/C16H25NO3/c1-4-12-17-16(13-19-5-2,15(18)20-6-3)14-10-8-7-9-11-14/h7-11,17H,4-6,12-13H2,1-3H3. The van der Waals surface area contributed by atoms with Gasteiger partial charge in [-0.15, -0.1) is 0 Å². The lowest BCUT2D eigenvalue weighted by Gasteiger charge is -2.32. The monoisotopic (exact) mass is 279 g/mol. The lowest BCUT2D eigenvalue weighted by atomic mass is 9.90. The Hall–Kier alpha value is -1.39. The van der Waals surface area contributed by atoms with Crippen LogP contribution in [0.2, 0.25) is 0 Å². The summed E-state index contributed by atoms with van der Waals surface area (Å²) in [6, 6.07) is 9.63. The molecule has 0 fully saturated rings. The van der Waals surface area contributed by atoms with Gasteiger partial charge in [0.1, 0.15) is 0 Å². The van der Waals surface area contributed by atoms with E-state index in [4.69, 9.17) is 9.47 Å². The molecule has 0 aliphatic heterocycles. The van der Waals surface area contributed by atoms with Crippen molar-refractivity contribution >= 4 is 5.97 Å². The highest BCUT2D eigenvalue weighted by molar-refractivity contribution is 5.83. The molecule has 0 aliphatic rings. The minimum atomic E-state index is -0.927. The minimum Gasteiger partial charge on any atom is -0.464 e. The SMILES string of the molecule is CCCNC(COCC)(C(=O)OCC)c1ccccc1. The molecular weight excluding hydrogens is 254 g/mol. The van der Waals surface area contributed by atoms with E-state index >= 15 is 0 Å². The van der Waals surface area contributed by atoms with Crippen molar-refractivity contribution in [1.29, 1.82) is 0 Å². The van der Waals surface area contributed by atoms with Gasteiger partial charge in [0, 0.05) is 6.61 Å². The second-order valence-electron chi connectivity index (χ2n) is 4.56. The van der Waals surface area contributed by atoms with Crippen LogP contribution in [0.5, 0.6) is 0 Å². The molecule has 4 heteroatoms. The van der Waals surface area contributed by atoms with Gasteiger partial charge in [-0.05, 0) is 32.4 Å². The topological polar surface area (TPSA) is 47.6 Å². The average molecular weight is 279 g/mol. The molecule has 0 aliphatic carbocycles. The number of rotatable bonds is 9. The molecule has 0 spiro atoms. The average Bonchev–Trinajstić information content (AvgIpc) is 2.49. The molecule has 0 bridgehead atoms. The number of hydrogen-bond acceptors (Lipinski definition) is 4. The molecule has 1 aromatic rings. The molecule has 20 heavy (non-hydrogen) atoms. The first-order valence-corrected chi connectivity index (χ1v) is 7.26. The van der Waals surface area contributed by atoms with Crippen LogP contribution in [0.25, 0.3) is 0 Å². The van der Waals surface area contributed by atoms with Gasteiger partial charge < -0.3 is 9.47 Å². The van der Waals surface area contributed by atoms with Crippen molar-refractivity contribution in [2.24, 2.45) is 0 Å².